The van der Waals surface area contributed by atoms with Gasteiger partial charge in [0, 0.05) is 0 Å². The summed E-state index contributed by atoms with van der Waals surface area (Å²) in [7, 11) is -4.74. The Morgan fingerprint density at radius 1 is 1.18 bits per heavy atom. The van der Waals surface area contributed by atoms with E-state index in [1.165, 1.54) is 6.07 Å². The van der Waals surface area contributed by atoms with Crippen LogP contribution in [0.4, 0.5) is 11.4 Å². The Balaban J connectivity index is 0.00000280. The molecule has 1 aliphatic rings. The first-order valence-corrected chi connectivity index (χ1v) is 9.85. The van der Waals surface area contributed by atoms with Crippen LogP contribution in [0.25, 0.3) is 0 Å². The Labute approximate surface area is 194 Å². The second kappa shape index (κ2) is 9.19. The first-order valence-electron chi connectivity index (χ1n) is 7.69. The summed E-state index contributed by atoms with van der Waals surface area (Å²) in [5.74, 6) is 0. The van der Waals surface area contributed by atoms with E-state index in [2.05, 4.69) is 15.3 Å². The molecule has 0 aromatic heterocycles. The number of hydrazone groups is 1. The van der Waals surface area contributed by atoms with Gasteiger partial charge in [0.2, 0.25) is 0 Å². The zero-order valence-electron chi connectivity index (χ0n) is 15.0. The molecule has 142 valence electrons. The standard InChI is InChI=1S/C16H15Cl2N5O3S.Na/c1-9-15(16(19)23(22-9)10-5-3-2-4-6-10)21-20-13-7-12(18)14(8-11(13)17)27(24,25)26;/h2-8,15-16H,19H2,1H3,(H,24,25,26);/q;+1/p-1. The van der Waals surface area contributed by atoms with Crippen LogP contribution in [0.1, 0.15) is 6.92 Å². The molecule has 0 radical (unpaired) electrons. The Morgan fingerprint density at radius 2 is 1.82 bits per heavy atom. The van der Waals surface area contributed by atoms with Crippen molar-refractivity contribution in [1.29, 1.82) is 0 Å². The maximum Gasteiger partial charge on any atom is 1.00 e. The maximum absolute atomic E-state index is 11.2. The van der Waals surface area contributed by atoms with Crippen LogP contribution in [0.3, 0.4) is 0 Å². The van der Waals surface area contributed by atoms with E-state index < -0.39 is 27.2 Å². The summed E-state index contributed by atoms with van der Waals surface area (Å²) in [5.41, 5.74) is 7.82. The van der Waals surface area contributed by atoms with Crippen molar-refractivity contribution < 1.29 is 42.5 Å². The first-order chi connectivity index (χ1) is 12.7. The van der Waals surface area contributed by atoms with E-state index in [1.54, 1.807) is 11.9 Å². The van der Waals surface area contributed by atoms with Crippen LogP contribution < -0.4 is 40.3 Å². The fourth-order valence-corrected chi connectivity index (χ4v) is 3.82. The number of anilines is 1. The fraction of sp³-hybridized carbons (Fsp3) is 0.188. The van der Waals surface area contributed by atoms with Gasteiger partial charge in [-0.15, -0.1) is 0 Å². The second-order valence-corrected chi connectivity index (χ2v) is 7.92. The molecule has 1 aliphatic heterocycles. The number of benzene rings is 2. The molecule has 1 heterocycles. The van der Waals surface area contributed by atoms with Crippen LogP contribution >= 0.6 is 23.2 Å². The fourth-order valence-electron chi connectivity index (χ4n) is 2.55. The number of halogens is 2. The SMILES string of the molecule is CC1=NN(c2ccccc2)C(N)C1N=Nc1cc(Cl)c(S(=O)(=O)[O-])cc1Cl.[Na+]. The molecule has 2 atom stereocenters. The average Bonchev–Trinajstić information content (AvgIpc) is 2.89. The quantitative estimate of drug-likeness (QED) is 0.414. The van der Waals surface area contributed by atoms with Gasteiger partial charge in [-0.25, -0.2) is 13.4 Å². The van der Waals surface area contributed by atoms with Crippen LogP contribution in [0, 0.1) is 0 Å². The van der Waals surface area contributed by atoms with Gasteiger partial charge in [-0.05, 0) is 31.2 Å². The largest absolute Gasteiger partial charge is 1.00 e. The van der Waals surface area contributed by atoms with Crippen LogP contribution in [-0.4, -0.2) is 30.9 Å². The Hall–Kier alpha value is -1.04. The summed E-state index contributed by atoms with van der Waals surface area (Å²) >= 11 is 11.8. The zero-order valence-corrected chi connectivity index (χ0v) is 19.3. The molecule has 0 saturated heterocycles. The summed E-state index contributed by atoms with van der Waals surface area (Å²) in [6.45, 7) is 1.77. The molecule has 0 aliphatic carbocycles. The molecule has 2 N–H and O–H groups in total. The summed E-state index contributed by atoms with van der Waals surface area (Å²) in [6, 6.07) is 10.9. The normalized spacial score (nSPS) is 19.6. The molecular weight excluding hydrogens is 436 g/mol. The minimum atomic E-state index is -4.74. The molecule has 0 saturated carbocycles. The van der Waals surface area contributed by atoms with E-state index in [0.717, 1.165) is 11.8 Å². The molecule has 3 rings (SSSR count). The van der Waals surface area contributed by atoms with Crippen molar-refractivity contribution in [2.45, 2.75) is 24.0 Å². The Bertz CT molecular complexity index is 1030. The van der Waals surface area contributed by atoms with Crippen LogP contribution in [0.5, 0.6) is 0 Å². The first kappa shape index (κ1) is 23.2. The topological polar surface area (TPSA) is 124 Å². The number of hydrogen-bond donors (Lipinski definition) is 1. The van der Waals surface area contributed by atoms with Crippen molar-refractivity contribution in [3.05, 3.63) is 52.5 Å². The van der Waals surface area contributed by atoms with Crippen molar-refractivity contribution in [3.63, 3.8) is 0 Å². The van der Waals surface area contributed by atoms with Gasteiger partial charge in [-0.1, -0.05) is 41.4 Å². The summed E-state index contributed by atoms with van der Waals surface area (Å²) in [5, 5.41) is 13.9. The minimum Gasteiger partial charge on any atom is -0.744 e. The third kappa shape index (κ3) is 4.92. The van der Waals surface area contributed by atoms with Gasteiger partial charge in [-0.3, -0.25) is 0 Å². The minimum absolute atomic E-state index is 0. The van der Waals surface area contributed by atoms with Crippen molar-refractivity contribution in [3.8, 4) is 0 Å². The van der Waals surface area contributed by atoms with Gasteiger partial charge < -0.3 is 10.3 Å². The molecule has 0 fully saturated rings. The summed E-state index contributed by atoms with van der Waals surface area (Å²) < 4.78 is 33.5. The number of hydrogen-bond acceptors (Lipinski definition) is 8. The molecular formula is C16H14Cl2N5NaO3S. The molecule has 8 nitrogen and oxygen atoms in total. The van der Waals surface area contributed by atoms with E-state index >= 15 is 0 Å². The Kier molecular flexibility index (Phi) is 7.62. The van der Waals surface area contributed by atoms with E-state index in [-0.39, 0.29) is 45.3 Å². The number of nitrogens with zero attached hydrogens (tertiary/aromatic N) is 4. The molecule has 2 unspecified atom stereocenters. The van der Waals surface area contributed by atoms with Gasteiger partial charge in [-0.2, -0.15) is 15.3 Å². The monoisotopic (exact) mass is 449 g/mol. The van der Waals surface area contributed by atoms with Crippen molar-refractivity contribution >= 4 is 50.4 Å². The van der Waals surface area contributed by atoms with E-state index in [4.69, 9.17) is 28.9 Å². The maximum atomic E-state index is 11.2. The third-order valence-electron chi connectivity index (χ3n) is 3.88. The van der Waals surface area contributed by atoms with Crippen LogP contribution in [0.15, 0.2) is 62.7 Å². The van der Waals surface area contributed by atoms with Crippen LogP contribution in [-0.2, 0) is 10.1 Å². The number of rotatable bonds is 4. The number of para-hydroxylation sites is 1. The predicted octanol–water partition coefficient (Wildman–Crippen LogP) is 0.535. The average molecular weight is 450 g/mol. The van der Waals surface area contributed by atoms with Gasteiger partial charge in [0.15, 0.2) is 0 Å². The molecule has 28 heavy (non-hydrogen) atoms. The van der Waals surface area contributed by atoms with Gasteiger partial charge in [0.05, 0.1) is 26.3 Å². The molecule has 12 heteroatoms. The third-order valence-corrected chi connectivity index (χ3v) is 5.48. The van der Waals surface area contributed by atoms with Crippen LogP contribution in [0.2, 0.25) is 10.0 Å². The van der Waals surface area contributed by atoms with Gasteiger partial charge in [0.1, 0.15) is 28.0 Å². The van der Waals surface area contributed by atoms with Gasteiger partial charge in [0.25, 0.3) is 0 Å². The molecule has 0 bridgehead atoms. The van der Waals surface area contributed by atoms with Crippen molar-refractivity contribution in [1.82, 2.24) is 0 Å². The summed E-state index contributed by atoms with van der Waals surface area (Å²) in [4.78, 5) is -0.612. The number of nitrogens with two attached hydrogens (primary N) is 1. The smallest absolute Gasteiger partial charge is 0.744 e. The number of azo groups is 1. The summed E-state index contributed by atoms with van der Waals surface area (Å²) in [6.07, 6.45) is -0.577. The second-order valence-electron chi connectivity index (χ2n) is 5.76. The molecule has 0 spiro atoms. The van der Waals surface area contributed by atoms with Crippen molar-refractivity contribution in [2.24, 2.45) is 21.1 Å². The van der Waals surface area contributed by atoms with Gasteiger partial charge >= 0.3 is 29.6 Å². The van der Waals surface area contributed by atoms with Crippen molar-refractivity contribution in [2.75, 3.05) is 5.01 Å². The predicted molar refractivity (Wildman–Crippen MR) is 103 cm³/mol. The van der Waals surface area contributed by atoms with E-state index in [9.17, 15) is 13.0 Å². The van der Waals surface area contributed by atoms with E-state index in [0.29, 0.717) is 5.71 Å². The Morgan fingerprint density at radius 3 is 2.43 bits per heavy atom. The molecule has 2 aromatic carbocycles. The molecule has 0 amide bonds. The zero-order chi connectivity index (χ0) is 19.8. The molecule has 2 aromatic rings. The van der Waals surface area contributed by atoms with E-state index in [1.807, 2.05) is 30.3 Å².